The fourth-order valence-corrected chi connectivity index (χ4v) is 3.05. The Bertz CT molecular complexity index is 858. The molecule has 6 nitrogen and oxygen atoms in total. The lowest BCUT2D eigenvalue weighted by atomic mass is 9.97. The van der Waals surface area contributed by atoms with Crippen LogP contribution in [-0.4, -0.2) is 41.5 Å². The molecule has 1 unspecified atom stereocenters. The van der Waals surface area contributed by atoms with E-state index < -0.39 is 36.0 Å². The van der Waals surface area contributed by atoms with Gasteiger partial charge in [-0.2, -0.15) is 0 Å². The maximum absolute atomic E-state index is 13.2. The zero-order chi connectivity index (χ0) is 22.3. The van der Waals surface area contributed by atoms with Gasteiger partial charge in [0.25, 0.3) is 0 Å². The Morgan fingerprint density at radius 2 is 1.50 bits per heavy atom. The van der Waals surface area contributed by atoms with E-state index >= 15 is 0 Å². The summed E-state index contributed by atoms with van der Waals surface area (Å²) in [5.74, 6) is -1.88. The first-order valence-electron chi connectivity index (χ1n) is 9.91. The van der Waals surface area contributed by atoms with Crippen LogP contribution in [0.3, 0.4) is 0 Å². The molecule has 0 spiro atoms. The number of aliphatic carboxylic acids is 1. The molecule has 0 bridgehead atoms. The van der Waals surface area contributed by atoms with Gasteiger partial charge < -0.3 is 14.7 Å². The number of Topliss-reactive ketones (excluding diaryl/α,β-unsaturated/α-hetero) is 1. The molecule has 0 aliphatic heterocycles. The number of carbonyl (C=O) groups excluding carboxylic acids is 2. The molecule has 2 aromatic rings. The van der Waals surface area contributed by atoms with Crippen molar-refractivity contribution in [2.45, 2.75) is 46.2 Å². The van der Waals surface area contributed by atoms with Crippen LogP contribution in [0.1, 0.15) is 33.3 Å². The fourth-order valence-electron chi connectivity index (χ4n) is 3.05. The standard InChI is InChI=1S/C24H29NO5/c1-17(22(27)28)25(19-13-9-6-10-14-19)20(15-18-11-7-5-8-12-18)21(26)16-30-23(29)24(2,3)4/h5-14,17,20H,15-16H2,1-4H3,(H,27,28)/t17-,20?/m0/s1. The lowest BCUT2D eigenvalue weighted by Gasteiger charge is -2.36. The van der Waals surface area contributed by atoms with E-state index in [1.165, 1.54) is 0 Å². The summed E-state index contributed by atoms with van der Waals surface area (Å²) in [6.07, 6.45) is 0.291. The minimum atomic E-state index is -1.04. The minimum absolute atomic E-state index is 0.291. The highest BCUT2D eigenvalue weighted by atomic mass is 16.5. The largest absolute Gasteiger partial charge is 0.480 e. The van der Waals surface area contributed by atoms with Crippen molar-refractivity contribution in [1.29, 1.82) is 0 Å². The molecule has 1 N–H and O–H groups in total. The maximum Gasteiger partial charge on any atom is 0.326 e. The number of anilines is 1. The highest BCUT2D eigenvalue weighted by Gasteiger charge is 2.34. The number of ether oxygens (including phenoxy) is 1. The fraction of sp³-hybridized carbons (Fsp3) is 0.375. The van der Waals surface area contributed by atoms with Gasteiger partial charge in [0.2, 0.25) is 0 Å². The van der Waals surface area contributed by atoms with Crippen molar-refractivity contribution >= 4 is 23.4 Å². The number of carboxylic acids is 1. The molecule has 0 saturated carbocycles. The predicted molar refractivity (Wildman–Crippen MR) is 115 cm³/mol. The van der Waals surface area contributed by atoms with Gasteiger partial charge in [0.05, 0.1) is 11.5 Å². The number of para-hydroxylation sites is 1. The number of carbonyl (C=O) groups is 3. The van der Waals surface area contributed by atoms with Crippen LogP contribution < -0.4 is 4.90 Å². The third-order valence-electron chi connectivity index (χ3n) is 4.77. The zero-order valence-electron chi connectivity index (χ0n) is 17.9. The van der Waals surface area contributed by atoms with Crippen molar-refractivity contribution in [3.63, 3.8) is 0 Å². The van der Waals surface area contributed by atoms with Crippen LogP contribution in [0, 0.1) is 5.41 Å². The number of hydrogen-bond acceptors (Lipinski definition) is 5. The second kappa shape index (κ2) is 10.1. The van der Waals surface area contributed by atoms with Gasteiger partial charge in [0.1, 0.15) is 6.04 Å². The van der Waals surface area contributed by atoms with Crippen LogP contribution in [0.2, 0.25) is 0 Å². The highest BCUT2D eigenvalue weighted by Crippen LogP contribution is 2.24. The summed E-state index contributed by atoms with van der Waals surface area (Å²) in [7, 11) is 0. The van der Waals surface area contributed by atoms with Crippen LogP contribution in [-0.2, 0) is 25.5 Å². The Balaban J connectivity index is 2.39. The predicted octanol–water partition coefficient (Wildman–Crippen LogP) is 3.74. The van der Waals surface area contributed by atoms with E-state index in [4.69, 9.17) is 4.74 Å². The summed E-state index contributed by atoms with van der Waals surface area (Å²) in [5.41, 5.74) is 0.767. The van der Waals surface area contributed by atoms with E-state index in [0.29, 0.717) is 12.1 Å². The quantitative estimate of drug-likeness (QED) is 0.633. The van der Waals surface area contributed by atoms with E-state index in [0.717, 1.165) is 5.56 Å². The van der Waals surface area contributed by atoms with Crippen LogP contribution >= 0.6 is 0 Å². The molecule has 0 saturated heterocycles. The Morgan fingerprint density at radius 1 is 0.967 bits per heavy atom. The molecule has 0 amide bonds. The molecule has 6 heteroatoms. The molecule has 0 aliphatic rings. The Kier molecular flexibility index (Phi) is 7.75. The van der Waals surface area contributed by atoms with Gasteiger partial charge in [-0.05, 0) is 45.4 Å². The average molecular weight is 411 g/mol. The number of benzene rings is 2. The van der Waals surface area contributed by atoms with Crippen molar-refractivity contribution in [1.82, 2.24) is 0 Å². The van der Waals surface area contributed by atoms with Crippen LogP contribution in [0.25, 0.3) is 0 Å². The lowest BCUT2D eigenvalue weighted by molar-refractivity contribution is -0.156. The molecule has 0 heterocycles. The molecular weight excluding hydrogens is 382 g/mol. The molecule has 160 valence electrons. The van der Waals surface area contributed by atoms with E-state index in [9.17, 15) is 19.5 Å². The number of esters is 1. The first kappa shape index (κ1) is 23.1. The van der Waals surface area contributed by atoms with Gasteiger partial charge in [0, 0.05) is 12.1 Å². The molecule has 2 aromatic carbocycles. The van der Waals surface area contributed by atoms with Crippen LogP contribution in [0.5, 0.6) is 0 Å². The van der Waals surface area contributed by atoms with Crippen molar-refractivity contribution in [2.75, 3.05) is 11.5 Å². The van der Waals surface area contributed by atoms with Gasteiger partial charge in [0.15, 0.2) is 12.4 Å². The summed E-state index contributed by atoms with van der Waals surface area (Å²) < 4.78 is 5.25. The maximum atomic E-state index is 13.2. The summed E-state index contributed by atoms with van der Waals surface area (Å²) in [5, 5.41) is 9.70. The molecule has 0 fully saturated rings. The number of nitrogens with zero attached hydrogens (tertiary/aromatic N) is 1. The number of rotatable bonds is 9. The van der Waals surface area contributed by atoms with E-state index in [-0.39, 0.29) is 5.78 Å². The highest BCUT2D eigenvalue weighted by molar-refractivity contribution is 5.92. The molecule has 30 heavy (non-hydrogen) atoms. The number of hydrogen-bond donors (Lipinski definition) is 1. The third-order valence-corrected chi connectivity index (χ3v) is 4.77. The Labute approximate surface area is 177 Å². The first-order valence-corrected chi connectivity index (χ1v) is 9.91. The SMILES string of the molecule is C[C@@H](C(=O)O)N(c1ccccc1)C(Cc1ccccc1)C(=O)COC(=O)C(C)(C)C. The molecule has 2 rings (SSSR count). The van der Waals surface area contributed by atoms with Crippen molar-refractivity contribution < 1.29 is 24.2 Å². The molecule has 0 radical (unpaired) electrons. The summed E-state index contributed by atoms with van der Waals surface area (Å²) in [6.45, 7) is 6.27. The smallest absolute Gasteiger partial charge is 0.326 e. The normalized spacial score (nSPS) is 13.2. The second-order valence-corrected chi connectivity index (χ2v) is 8.25. The monoisotopic (exact) mass is 411 g/mol. The average Bonchev–Trinajstić information content (AvgIpc) is 2.71. The van der Waals surface area contributed by atoms with E-state index in [1.807, 2.05) is 36.4 Å². The number of carboxylic acid groups (broad SMARTS) is 1. The van der Waals surface area contributed by atoms with E-state index in [2.05, 4.69) is 0 Å². The van der Waals surface area contributed by atoms with Gasteiger partial charge in [-0.15, -0.1) is 0 Å². The molecular formula is C24H29NO5. The van der Waals surface area contributed by atoms with Gasteiger partial charge in [-0.25, -0.2) is 4.79 Å². The Hall–Kier alpha value is -3.15. The molecule has 0 aliphatic carbocycles. The third kappa shape index (κ3) is 6.17. The summed E-state index contributed by atoms with van der Waals surface area (Å²) in [4.78, 5) is 38.8. The second-order valence-electron chi connectivity index (χ2n) is 8.25. The van der Waals surface area contributed by atoms with Gasteiger partial charge in [-0.3, -0.25) is 9.59 Å². The number of ketones is 1. The first-order chi connectivity index (χ1) is 14.1. The lowest BCUT2D eigenvalue weighted by Crippen LogP contribution is -2.52. The minimum Gasteiger partial charge on any atom is -0.480 e. The summed E-state index contributed by atoms with van der Waals surface area (Å²) in [6, 6.07) is 16.6. The summed E-state index contributed by atoms with van der Waals surface area (Å²) >= 11 is 0. The van der Waals surface area contributed by atoms with Crippen molar-refractivity contribution in [3.05, 3.63) is 66.2 Å². The molecule has 2 atom stereocenters. The van der Waals surface area contributed by atoms with Crippen LogP contribution in [0.4, 0.5) is 5.69 Å². The zero-order valence-corrected chi connectivity index (χ0v) is 17.9. The van der Waals surface area contributed by atoms with E-state index in [1.54, 1.807) is 56.9 Å². The van der Waals surface area contributed by atoms with Gasteiger partial charge in [-0.1, -0.05) is 48.5 Å². The van der Waals surface area contributed by atoms with Crippen molar-refractivity contribution in [3.8, 4) is 0 Å². The van der Waals surface area contributed by atoms with Crippen molar-refractivity contribution in [2.24, 2.45) is 5.41 Å². The topological polar surface area (TPSA) is 83.9 Å². The molecule has 0 aromatic heterocycles. The van der Waals surface area contributed by atoms with Crippen LogP contribution in [0.15, 0.2) is 60.7 Å². The Morgan fingerprint density at radius 3 is 2.00 bits per heavy atom. The van der Waals surface area contributed by atoms with Gasteiger partial charge >= 0.3 is 11.9 Å².